The number of aromatic amines is 1. The minimum atomic E-state index is -0.377. The molecule has 1 unspecified atom stereocenters. The highest BCUT2D eigenvalue weighted by Gasteiger charge is 2.24. The van der Waals surface area contributed by atoms with Gasteiger partial charge in [-0.25, -0.2) is 9.37 Å². The Hall–Kier alpha value is -1.47. The predicted molar refractivity (Wildman–Crippen MR) is 91.4 cm³/mol. The summed E-state index contributed by atoms with van der Waals surface area (Å²) in [4.78, 5) is 12.1. The van der Waals surface area contributed by atoms with Gasteiger partial charge in [-0.1, -0.05) is 17.7 Å². The summed E-state index contributed by atoms with van der Waals surface area (Å²) in [7, 11) is 4.04. The van der Waals surface area contributed by atoms with Crippen molar-refractivity contribution >= 4 is 11.6 Å². The Kier molecular flexibility index (Phi) is 5.50. The largest absolute Gasteiger partial charge is 0.368 e. The van der Waals surface area contributed by atoms with Crippen molar-refractivity contribution < 1.29 is 9.13 Å². The van der Waals surface area contributed by atoms with E-state index in [1.54, 1.807) is 6.07 Å². The van der Waals surface area contributed by atoms with E-state index in [1.807, 2.05) is 26.4 Å². The molecule has 1 aromatic carbocycles. The zero-order valence-corrected chi connectivity index (χ0v) is 14.7. The van der Waals surface area contributed by atoms with Crippen molar-refractivity contribution in [1.29, 1.82) is 0 Å². The summed E-state index contributed by atoms with van der Waals surface area (Å²) < 4.78 is 19.4. The first-order valence-corrected chi connectivity index (χ1v) is 8.35. The van der Waals surface area contributed by atoms with Gasteiger partial charge in [0.15, 0.2) is 0 Å². The Morgan fingerprint density at radius 2 is 2.29 bits per heavy atom. The van der Waals surface area contributed by atoms with Gasteiger partial charge in [0.05, 0.1) is 11.6 Å². The number of hydrogen-bond donors (Lipinski definition) is 1. The molecule has 130 valence electrons. The van der Waals surface area contributed by atoms with Gasteiger partial charge in [-0.15, -0.1) is 0 Å². The van der Waals surface area contributed by atoms with Gasteiger partial charge in [-0.3, -0.25) is 4.90 Å². The number of benzene rings is 1. The lowest BCUT2D eigenvalue weighted by Crippen LogP contribution is -2.38. The van der Waals surface area contributed by atoms with Crippen LogP contribution >= 0.6 is 11.6 Å². The lowest BCUT2D eigenvalue weighted by Gasteiger charge is -2.32. The fourth-order valence-corrected chi connectivity index (χ4v) is 2.99. The van der Waals surface area contributed by atoms with Gasteiger partial charge in [0.2, 0.25) is 0 Å². The molecule has 1 fully saturated rings. The second-order valence-corrected chi connectivity index (χ2v) is 6.78. The molecule has 1 N–H and O–H groups in total. The molecule has 0 aliphatic carbocycles. The SMILES string of the molecule is CN(C)Cc1cnc(C2CN(Cc3ccc(Cl)c(F)c3)CCO2)[nH]1. The highest BCUT2D eigenvalue weighted by Crippen LogP contribution is 2.22. The first kappa shape index (κ1) is 17.4. The average Bonchev–Trinajstić information content (AvgIpc) is 2.99. The minimum Gasteiger partial charge on any atom is -0.368 e. The molecule has 1 aliphatic heterocycles. The summed E-state index contributed by atoms with van der Waals surface area (Å²) in [5.41, 5.74) is 1.97. The number of nitrogens with zero attached hydrogens (tertiary/aromatic N) is 3. The van der Waals surface area contributed by atoms with E-state index in [2.05, 4.69) is 19.8 Å². The van der Waals surface area contributed by atoms with Gasteiger partial charge >= 0.3 is 0 Å². The molecular weight excluding hydrogens is 331 g/mol. The van der Waals surface area contributed by atoms with Crippen LogP contribution in [0.5, 0.6) is 0 Å². The van der Waals surface area contributed by atoms with Crippen LogP contribution in [0.2, 0.25) is 5.02 Å². The molecule has 7 heteroatoms. The molecule has 2 heterocycles. The third-order valence-electron chi connectivity index (χ3n) is 3.98. The monoisotopic (exact) mass is 352 g/mol. The summed E-state index contributed by atoms with van der Waals surface area (Å²) in [6.45, 7) is 3.64. The molecular formula is C17H22ClFN4O. The molecule has 1 aliphatic rings. The van der Waals surface area contributed by atoms with Crippen LogP contribution < -0.4 is 0 Å². The molecule has 0 saturated carbocycles. The van der Waals surface area contributed by atoms with Crippen LogP contribution in [0.1, 0.15) is 23.2 Å². The third kappa shape index (κ3) is 4.33. The second kappa shape index (κ2) is 7.61. The number of rotatable bonds is 5. The third-order valence-corrected chi connectivity index (χ3v) is 4.29. The number of imidazole rings is 1. The van der Waals surface area contributed by atoms with Crippen molar-refractivity contribution in [3.8, 4) is 0 Å². The van der Waals surface area contributed by atoms with Gasteiger partial charge in [0.1, 0.15) is 17.7 Å². The number of ether oxygens (including phenoxy) is 1. The van der Waals surface area contributed by atoms with Crippen LogP contribution in [-0.2, 0) is 17.8 Å². The fourth-order valence-electron chi connectivity index (χ4n) is 2.87. The first-order chi connectivity index (χ1) is 11.5. The normalized spacial score (nSPS) is 19.1. The van der Waals surface area contributed by atoms with Crippen molar-refractivity contribution in [3.05, 3.63) is 52.3 Å². The maximum atomic E-state index is 13.6. The van der Waals surface area contributed by atoms with E-state index in [9.17, 15) is 4.39 Å². The molecule has 0 amide bonds. The quantitative estimate of drug-likeness (QED) is 0.898. The standard InChI is InChI=1S/C17H22ClFN4O/c1-22(2)10-13-8-20-17(21-13)16-11-23(5-6-24-16)9-12-3-4-14(18)15(19)7-12/h3-4,7-8,16H,5-6,9-11H2,1-2H3,(H,20,21). The highest BCUT2D eigenvalue weighted by atomic mass is 35.5. The molecule has 0 radical (unpaired) electrons. The molecule has 1 saturated heterocycles. The lowest BCUT2D eigenvalue weighted by molar-refractivity contribution is -0.0369. The topological polar surface area (TPSA) is 44.4 Å². The summed E-state index contributed by atoms with van der Waals surface area (Å²) >= 11 is 5.74. The number of nitrogens with one attached hydrogen (secondary N) is 1. The molecule has 0 bridgehead atoms. The highest BCUT2D eigenvalue weighted by molar-refractivity contribution is 6.30. The Bertz CT molecular complexity index is 691. The molecule has 5 nitrogen and oxygen atoms in total. The Morgan fingerprint density at radius 1 is 1.46 bits per heavy atom. The molecule has 1 aromatic heterocycles. The smallest absolute Gasteiger partial charge is 0.142 e. The van der Waals surface area contributed by atoms with Crippen LogP contribution in [0.3, 0.4) is 0 Å². The van der Waals surface area contributed by atoms with Crippen LogP contribution in [-0.4, -0.2) is 53.6 Å². The number of hydrogen-bond acceptors (Lipinski definition) is 4. The Balaban J connectivity index is 1.63. The van der Waals surface area contributed by atoms with Gasteiger partial charge < -0.3 is 14.6 Å². The molecule has 0 spiro atoms. The van der Waals surface area contributed by atoms with Crippen LogP contribution in [0.15, 0.2) is 24.4 Å². The number of aromatic nitrogens is 2. The van der Waals surface area contributed by atoms with Crippen molar-refractivity contribution in [2.75, 3.05) is 33.8 Å². The Labute approximate surface area is 146 Å². The first-order valence-electron chi connectivity index (χ1n) is 7.97. The molecule has 1 atom stereocenters. The number of halogens is 2. The average molecular weight is 353 g/mol. The maximum Gasteiger partial charge on any atom is 0.142 e. The number of morpholine rings is 1. The number of H-pyrrole nitrogens is 1. The van der Waals surface area contributed by atoms with E-state index >= 15 is 0 Å². The van der Waals surface area contributed by atoms with Crippen molar-refractivity contribution in [3.63, 3.8) is 0 Å². The van der Waals surface area contributed by atoms with Gasteiger partial charge in [-0.2, -0.15) is 0 Å². The summed E-state index contributed by atoms with van der Waals surface area (Å²) in [5.74, 6) is 0.470. The molecule has 3 rings (SSSR count). The van der Waals surface area contributed by atoms with E-state index in [0.717, 1.165) is 36.7 Å². The zero-order chi connectivity index (χ0) is 17.1. The molecule has 2 aromatic rings. The van der Waals surface area contributed by atoms with E-state index < -0.39 is 0 Å². The van der Waals surface area contributed by atoms with Gasteiger partial charge in [0.25, 0.3) is 0 Å². The van der Waals surface area contributed by atoms with E-state index in [-0.39, 0.29) is 16.9 Å². The van der Waals surface area contributed by atoms with E-state index in [4.69, 9.17) is 16.3 Å². The molecule has 24 heavy (non-hydrogen) atoms. The van der Waals surface area contributed by atoms with Gasteiger partial charge in [-0.05, 0) is 31.8 Å². The lowest BCUT2D eigenvalue weighted by atomic mass is 10.2. The summed E-state index contributed by atoms with van der Waals surface area (Å²) in [6.07, 6.45) is 1.76. The van der Waals surface area contributed by atoms with E-state index in [0.29, 0.717) is 13.2 Å². The maximum absolute atomic E-state index is 13.6. The Morgan fingerprint density at radius 3 is 3.04 bits per heavy atom. The van der Waals surface area contributed by atoms with Crippen LogP contribution in [0.25, 0.3) is 0 Å². The van der Waals surface area contributed by atoms with Crippen molar-refractivity contribution in [2.24, 2.45) is 0 Å². The van der Waals surface area contributed by atoms with Crippen LogP contribution in [0.4, 0.5) is 4.39 Å². The minimum absolute atomic E-state index is 0.0909. The zero-order valence-electron chi connectivity index (χ0n) is 13.9. The van der Waals surface area contributed by atoms with Crippen LogP contribution in [0, 0.1) is 5.82 Å². The summed E-state index contributed by atoms with van der Waals surface area (Å²) in [6, 6.07) is 4.96. The van der Waals surface area contributed by atoms with Gasteiger partial charge in [0, 0.05) is 38.1 Å². The second-order valence-electron chi connectivity index (χ2n) is 6.37. The van der Waals surface area contributed by atoms with Crippen molar-refractivity contribution in [1.82, 2.24) is 19.8 Å². The van der Waals surface area contributed by atoms with E-state index in [1.165, 1.54) is 6.07 Å². The van der Waals surface area contributed by atoms with Crippen molar-refractivity contribution in [2.45, 2.75) is 19.2 Å². The fraction of sp³-hybridized carbons (Fsp3) is 0.471. The predicted octanol–water partition coefficient (Wildman–Crippen LogP) is 2.84. The summed E-state index contributed by atoms with van der Waals surface area (Å²) in [5, 5.41) is 0.155.